The number of fused-ring (bicyclic) bond motifs is 1. The fourth-order valence-corrected chi connectivity index (χ4v) is 5.65. The number of carbonyl (C=O) groups is 1. The molecule has 4 heterocycles. The minimum Gasteiger partial charge on any atom is -0.484 e. The number of halogens is 1. The second-order valence-corrected chi connectivity index (χ2v) is 11.1. The maximum absolute atomic E-state index is 14.2. The van der Waals surface area contributed by atoms with E-state index in [1.165, 1.54) is 19.2 Å². The molecule has 1 aliphatic heterocycles. The van der Waals surface area contributed by atoms with Crippen LogP contribution in [-0.2, 0) is 31.0 Å². The standard InChI is InChI=1S/C34H34FN7O4/c1-3-42-26(11-14-37-42)20-41-30-18-24(34(43)44-2)8-9-29(30)39-32(41)21-40-15-12-27(13-16-40)46-33-6-4-5-25(38-33)22-45-31-10-7-23(19-36)17-28(31)35/h4-11,14,17-18,27H,3,12-13,15-16,20-22H2,1-2H3. The van der Waals surface area contributed by atoms with Gasteiger partial charge in [0, 0.05) is 31.9 Å². The number of nitriles is 1. The molecule has 1 fully saturated rings. The van der Waals surface area contributed by atoms with E-state index in [0.29, 0.717) is 30.2 Å². The summed E-state index contributed by atoms with van der Waals surface area (Å²) in [6.07, 6.45) is 3.42. The first-order valence-electron chi connectivity index (χ1n) is 15.2. The Morgan fingerprint density at radius 3 is 2.67 bits per heavy atom. The number of aromatic nitrogens is 5. The van der Waals surface area contributed by atoms with Crippen LogP contribution in [-0.4, -0.2) is 61.5 Å². The van der Waals surface area contributed by atoms with Crippen LogP contribution in [0.25, 0.3) is 11.0 Å². The SMILES string of the molecule is CCn1nccc1Cn1c(CN2CCC(Oc3cccc(COc4ccc(C#N)cc4F)n3)CC2)nc2ccc(C(=O)OC)cc21. The molecule has 0 bridgehead atoms. The van der Waals surface area contributed by atoms with Gasteiger partial charge in [-0.2, -0.15) is 10.4 Å². The lowest BCUT2D eigenvalue weighted by molar-refractivity contribution is 0.0601. The van der Waals surface area contributed by atoms with E-state index in [1.54, 1.807) is 18.3 Å². The largest absolute Gasteiger partial charge is 0.484 e. The minimum atomic E-state index is -0.590. The van der Waals surface area contributed by atoms with Crippen molar-refractivity contribution in [2.24, 2.45) is 0 Å². The third kappa shape index (κ3) is 6.84. The molecule has 5 aromatic rings. The molecule has 2 aromatic carbocycles. The minimum absolute atomic E-state index is 0.00349. The lowest BCUT2D eigenvalue weighted by atomic mass is 10.1. The number of rotatable bonds is 11. The van der Waals surface area contributed by atoms with Gasteiger partial charge in [0.1, 0.15) is 18.5 Å². The molecule has 0 aliphatic carbocycles. The summed E-state index contributed by atoms with van der Waals surface area (Å²) >= 11 is 0. The van der Waals surface area contributed by atoms with Crippen LogP contribution in [0.2, 0.25) is 0 Å². The first-order valence-corrected chi connectivity index (χ1v) is 15.2. The van der Waals surface area contributed by atoms with Gasteiger partial charge in [-0.15, -0.1) is 0 Å². The van der Waals surface area contributed by atoms with Crippen LogP contribution in [0.1, 0.15) is 52.9 Å². The third-order valence-electron chi connectivity index (χ3n) is 8.08. The highest BCUT2D eigenvalue weighted by Gasteiger charge is 2.24. The maximum Gasteiger partial charge on any atom is 0.337 e. The van der Waals surface area contributed by atoms with E-state index in [1.807, 2.05) is 41.1 Å². The summed E-state index contributed by atoms with van der Waals surface area (Å²) in [5.41, 5.74) is 4.07. The Morgan fingerprint density at radius 1 is 1.07 bits per heavy atom. The van der Waals surface area contributed by atoms with Crippen LogP contribution in [0, 0.1) is 17.1 Å². The molecule has 0 unspecified atom stereocenters. The van der Waals surface area contributed by atoms with Gasteiger partial charge in [0.05, 0.1) is 59.8 Å². The number of benzene rings is 2. The number of carbonyl (C=O) groups excluding carboxylic acids is 1. The quantitative estimate of drug-likeness (QED) is 0.185. The van der Waals surface area contributed by atoms with Gasteiger partial charge in [0.25, 0.3) is 0 Å². The van der Waals surface area contributed by atoms with Gasteiger partial charge in [-0.05, 0) is 68.3 Å². The van der Waals surface area contributed by atoms with E-state index in [9.17, 15) is 9.18 Å². The molecule has 3 aromatic heterocycles. The monoisotopic (exact) mass is 623 g/mol. The summed E-state index contributed by atoms with van der Waals surface area (Å²) in [6.45, 7) is 5.73. The van der Waals surface area contributed by atoms with E-state index in [0.717, 1.165) is 61.1 Å². The highest BCUT2D eigenvalue weighted by molar-refractivity contribution is 5.93. The van der Waals surface area contributed by atoms with Crippen molar-refractivity contribution in [3.8, 4) is 17.7 Å². The van der Waals surface area contributed by atoms with Gasteiger partial charge in [0.15, 0.2) is 11.6 Å². The van der Waals surface area contributed by atoms with Crippen LogP contribution >= 0.6 is 0 Å². The topological polar surface area (TPSA) is 120 Å². The molecule has 0 spiro atoms. The molecule has 0 saturated carbocycles. The van der Waals surface area contributed by atoms with Crippen molar-refractivity contribution in [3.63, 3.8) is 0 Å². The van der Waals surface area contributed by atoms with E-state index in [2.05, 4.69) is 26.5 Å². The lowest BCUT2D eigenvalue weighted by Gasteiger charge is -2.31. The molecule has 11 nitrogen and oxygen atoms in total. The highest BCUT2D eigenvalue weighted by Crippen LogP contribution is 2.25. The number of likely N-dealkylation sites (tertiary alicyclic amines) is 1. The summed E-state index contributed by atoms with van der Waals surface area (Å²) in [4.78, 5) is 24.2. The molecule has 46 heavy (non-hydrogen) atoms. The lowest BCUT2D eigenvalue weighted by Crippen LogP contribution is -2.38. The second-order valence-electron chi connectivity index (χ2n) is 11.1. The predicted molar refractivity (Wildman–Crippen MR) is 167 cm³/mol. The van der Waals surface area contributed by atoms with Gasteiger partial charge >= 0.3 is 5.97 Å². The van der Waals surface area contributed by atoms with E-state index in [4.69, 9.17) is 24.5 Å². The fourth-order valence-electron chi connectivity index (χ4n) is 5.65. The van der Waals surface area contributed by atoms with Crippen LogP contribution in [0.4, 0.5) is 4.39 Å². The van der Waals surface area contributed by atoms with Gasteiger partial charge in [0.2, 0.25) is 5.88 Å². The summed E-state index contributed by atoms with van der Waals surface area (Å²) in [5.74, 6) is 0.494. The molecule has 236 valence electrons. The van der Waals surface area contributed by atoms with Crippen LogP contribution in [0.3, 0.4) is 0 Å². The van der Waals surface area contributed by atoms with Crippen LogP contribution in [0.5, 0.6) is 11.6 Å². The third-order valence-corrected chi connectivity index (χ3v) is 8.08. The van der Waals surface area contributed by atoms with E-state index in [-0.39, 0.29) is 30.0 Å². The average Bonchev–Trinajstić information content (AvgIpc) is 3.68. The van der Waals surface area contributed by atoms with E-state index < -0.39 is 5.82 Å². The molecule has 1 aliphatic rings. The Balaban J connectivity index is 1.10. The van der Waals surface area contributed by atoms with Crippen molar-refractivity contribution in [1.29, 1.82) is 5.26 Å². The zero-order valence-electron chi connectivity index (χ0n) is 25.7. The fraction of sp³-hybridized carbons (Fsp3) is 0.324. The molecule has 0 N–H and O–H groups in total. The summed E-state index contributed by atoms with van der Waals surface area (Å²) in [6, 6.07) is 18.9. The molecule has 1 saturated heterocycles. The predicted octanol–water partition coefficient (Wildman–Crippen LogP) is 5.12. The van der Waals surface area contributed by atoms with Crippen molar-refractivity contribution in [2.45, 2.75) is 52.1 Å². The highest BCUT2D eigenvalue weighted by atomic mass is 19.1. The van der Waals surface area contributed by atoms with Crippen LogP contribution < -0.4 is 9.47 Å². The Morgan fingerprint density at radius 2 is 1.91 bits per heavy atom. The number of imidazole rings is 1. The number of esters is 1. The summed E-state index contributed by atoms with van der Waals surface area (Å²) < 4.78 is 35.1. The van der Waals surface area contributed by atoms with Crippen molar-refractivity contribution in [1.82, 2.24) is 29.2 Å². The Bertz CT molecular complexity index is 1890. The van der Waals surface area contributed by atoms with Gasteiger partial charge in [-0.25, -0.2) is 19.2 Å². The molecular weight excluding hydrogens is 589 g/mol. The molecule has 0 atom stereocenters. The summed E-state index contributed by atoms with van der Waals surface area (Å²) in [5, 5.41) is 13.4. The number of hydrogen-bond acceptors (Lipinski definition) is 9. The Labute approximate surface area is 265 Å². The first kappa shape index (κ1) is 30.7. The van der Waals surface area contributed by atoms with Crippen LogP contribution in [0.15, 0.2) is 66.9 Å². The van der Waals surface area contributed by atoms with Gasteiger partial charge < -0.3 is 18.8 Å². The molecule has 12 heteroatoms. The number of aryl methyl sites for hydroxylation is 1. The first-order chi connectivity index (χ1) is 22.4. The smallest absolute Gasteiger partial charge is 0.337 e. The average molecular weight is 624 g/mol. The summed E-state index contributed by atoms with van der Waals surface area (Å²) in [7, 11) is 1.38. The molecule has 0 radical (unpaired) electrons. The number of hydrogen-bond donors (Lipinski definition) is 0. The number of pyridine rings is 1. The number of methoxy groups -OCH3 is 1. The maximum atomic E-state index is 14.2. The van der Waals surface area contributed by atoms with Crippen molar-refractivity contribution in [3.05, 3.63) is 101 Å². The van der Waals surface area contributed by atoms with Crippen molar-refractivity contribution >= 4 is 17.0 Å². The van der Waals surface area contributed by atoms with Gasteiger partial charge in [-0.1, -0.05) is 6.07 Å². The zero-order chi connectivity index (χ0) is 32.0. The van der Waals surface area contributed by atoms with Crippen molar-refractivity contribution < 1.29 is 23.4 Å². The van der Waals surface area contributed by atoms with E-state index >= 15 is 0 Å². The normalized spacial score (nSPS) is 13.9. The Hall–Kier alpha value is -5.28. The number of ether oxygens (including phenoxy) is 3. The zero-order valence-corrected chi connectivity index (χ0v) is 25.7. The Kier molecular flexibility index (Phi) is 9.21. The number of nitrogens with zero attached hydrogens (tertiary/aromatic N) is 7. The number of piperidine rings is 1. The molecule has 0 amide bonds. The molecule has 6 rings (SSSR count). The molecular formula is C34H34FN7O4. The van der Waals surface area contributed by atoms with Crippen molar-refractivity contribution in [2.75, 3.05) is 20.2 Å². The van der Waals surface area contributed by atoms with Gasteiger partial charge in [-0.3, -0.25) is 9.58 Å². The second kappa shape index (κ2) is 13.8.